The summed E-state index contributed by atoms with van der Waals surface area (Å²) in [6, 6.07) is 15.5. The fourth-order valence-electron chi connectivity index (χ4n) is 3.53. The molecule has 0 bridgehead atoms. The van der Waals surface area contributed by atoms with Crippen LogP contribution < -0.4 is 5.32 Å². The Balaban J connectivity index is 1.61. The zero-order chi connectivity index (χ0) is 19.4. The fourth-order valence-corrected chi connectivity index (χ4v) is 3.94. The van der Waals surface area contributed by atoms with Crippen LogP contribution in [0.25, 0.3) is 0 Å². The van der Waals surface area contributed by atoms with Crippen molar-refractivity contribution in [3.05, 3.63) is 65.2 Å². The Morgan fingerprint density at radius 2 is 1.85 bits per heavy atom. The Kier molecular flexibility index (Phi) is 6.22. The number of nitrogens with one attached hydrogen (secondary N) is 1. The lowest BCUT2D eigenvalue weighted by Gasteiger charge is -2.30. The molecule has 0 radical (unpaired) electrons. The van der Waals surface area contributed by atoms with Crippen LogP contribution in [0.3, 0.4) is 0 Å². The molecule has 1 aliphatic rings. The zero-order valence-corrected chi connectivity index (χ0v) is 16.9. The highest BCUT2D eigenvalue weighted by atomic mass is 32.2. The average Bonchev–Trinajstić information content (AvgIpc) is 2.99. The van der Waals surface area contributed by atoms with Crippen molar-refractivity contribution >= 4 is 23.6 Å². The summed E-state index contributed by atoms with van der Waals surface area (Å²) in [6.45, 7) is 5.04. The number of thioether (sulfide) groups is 1. The summed E-state index contributed by atoms with van der Waals surface area (Å²) in [5, 5.41) is 3.03. The molecule has 0 saturated heterocycles. The van der Waals surface area contributed by atoms with Crippen molar-refractivity contribution in [3.8, 4) is 0 Å². The van der Waals surface area contributed by atoms with Gasteiger partial charge in [-0.05, 0) is 47.9 Å². The molecule has 1 N–H and O–H groups in total. The van der Waals surface area contributed by atoms with Crippen molar-refractivity contribution in [1.82, 2.24) is 10.2 Å². The van der Waals surface area contributed by atoms with Gasteiger partial charge in [-0.2, -0.15) is 0 Å². The van der Waals surface area contributed by atoms with Crippen molar-refractivity contribution in [2.45, 2.75) is 37.8 Å². The predicted octanol–water partition coefficient (Wildman–Crippen LogP) is 3.75. The lowest BCUT2D eigenvalue weighted by Crippen LogP contribution is -2.50. The van der Waals surface area contributed by atoms with E-state index in [-0.39, 0.29) is 17.7 Å². The third kappa shape index (κ3) is 4.35. The summed E-state index contributed by atoms with van der Waals surface area (Å²) in [5.74, 6) is -0.0804. The van der Waals surface area contributed by atoms with E-state index in [9.17, 15) is 9.59 Å². The van der Waals surface area contributed by atoms with Gasteiger partial charge in [0.1, 0.15) is 6.04 Å². The molecular formula is C22H26N2O2S. The molecule has 1 aliphatic heterocycles. The Morgan fingerprint density at radius 3 is 2.48 bits per heavy atom. The van der Waals surface area contributed by atoms with E-state index >= 15 is 0 Å². The molecule has 0 unspecified atom stereocenters. The van der Waals surface area contributed by atoms with Gasteiger partial charge < -0.3 is 10.2 Å². The smallest absolute Gasteiger partial charge is 0.255 e. The molecular weight excluding hydrogens is 356 g/mol. The van der Waals surface area contributed by atoms with Crippen LogP contribution in [0, 0.1) is 5.92 Å². The van der Waals surface area contributed by atoms with Crippen LogP contribution in [-0.2, 0) is 17.8 Å². The molecule has 0 aromatic heterocycles. The second-order valence-corrected chi connectivity index (χ2v) is 8.05. The summed E-state index contributed by atoms with van der Waals surface area (Å²) in [6.07, 6.45) is 2.83. The van der Waals surface area contributed by atoms with E-state index in [2.05, 4.69) is 35.8 Å². The van der Waals surface area contributed by atoms with Crippen molar-refractivity contribution in [2.75, 3.05) is 12.8 Å². The van der Waals surface area contributed by atoms with Gasteiger partial charge in [0.15, 0.2) is 0 Å². The van der Waals surface area contributed by atoms with Crippen molar-refractivity contribution in [3.63, 3.8) is 0 Å². The van der Waals surface area contributed by atoms with Gasteiger partial charge in [-0.3, -0.25) is 9.59 Å². The van der Waals surface area contributed by atoms with Crippen LogP contribution in [0.1, 0.15) is 35.3 Å². The lowest BCUT2D eigenvalue weighted by atomic mass is 10.0. The third-order valence-electron chi connectivity index (χ3n) is 4.96. The maximum absolute atomic E-state index is 12.9. The van der Waals surface area contributed by atoms with Crippen molar-refractivity contribution in [1.29, 1.82) is 0 Å². The number of benzene rings is 2. The average molecular weight is 383 g/mol. The van der Waals surface area contributed by atoms with Crippen LogP contribution in [0.2, 0.25) is 0 Å². The first-order chi connectivity index (χ1) is 13.0. The summed E-state index contributed by atoms with van der Waals surface area (Å²) in [4.78, 5) is 28.5. The number of hydrogen-bond donors (Lipinski definition) is 1. The number of carbonyl (C=O) groups is 2. The summed E-state index contributed by atoms with van der Waals surface area (Å²) < 4.78 is 0. The first-order valence-corrected chi connectivity index (χ1v) is 10.5. The van der Waals surface area contributed by atoms with Gasteiger partial charge >= 0.3 is 0 Å². The van der Waals surface area contributed by atoms with Crippen LogP contribution >= 0.6 is 11.8 Å². The quantitative estimate of drug-likeness (QED) is 0.742. The number of nitrogens with zero attached hydrogens (tertiary/aromatic N) is 1. The number of amides is 2. The van der Waals surface area contributed by atoms with E-state index in [1.807, 2.05) is 38.1 Å². The largest absolute Gasteiger partial charge is 0.354 e. The number of hydrogen-bond acceptors (Lipinski definition) is 3. The number of rotatable bonds is 7. The standard InChI is InChI=1S/C22H26N2O2S/c1-15(2)20(24-14-17-6-4-5-7-19(17)22(24)26)21(25)23-13-12-16-8-10-18(27-3)11-9-16/h4-11,15,20H,12-14H2,1-3H3,(H,23,25)/t20-/m0/s1. The second-order valence-electron chi connectivity index (χ2n) is 7.17. The summed E-state index contributed by atoms with van der Waals surface area (Å²) in [5.41, 5.74) is 2.90. The third-order valence-corrected chi connectivity index (χ3v) is 5.70. The van der Waals surface area contributed by atoms with E-state index in [4.69, 9.17) is 0 Å². The van der Waals surface area contributed by atoms with Gasteiger partial charge in [-0.1, -0.05) is 44.2 Å². The fraction of sp³-hybridized carbons (Fsp3) is 0.364. The first-order valence-electron chi connectivity index (χ1n) is 9.30. The van der Waals surface area contributed by atoms with Gasteiger partial charge in [-0.15, -0.1) is 11.8 Å². The van der Waals surface area contributed by atoms with Gasteiger partial charge in [0.05, 0.1) is 0 Å². The highest BCUT2D eigenvalue weighted by molar-refractivity contribution is 7.98. The second kappa shape index (κ2) is 8.61. The van der Waals surface area contributed by atoms with E-state index in [1.54, 1.807) is 16.7 Å². The van der Waals surface area contributed by atoms with Gasteiger partial charge in [-0.25, -0.2) is 0 Å². The monoisotopic (exact) mass is 382 g/mol. The molecule has 2 aromatic carbocycles. The highest BCUT2D eigenvalue weighted by Crippen LogP contribution is 2.27. The molecule has 0 spiro atoms. The molecule has 2 aromatic rings. The zero-order valence-electron chi connectivity index (χ0n) is 16.1. The highest BCUT2D eigenvalue weighted by Gasteiger charge is 2.37. The summed E-state index contributed by atoms with van der Waals surface area (Å²) >= 11 is 1.72. The van der Waals surface area contributed by atoms with Gasteiger partial charge in [0.25, 0.3) is 5.91 Å². The molecule has 0 aliphatic carbocycles. The molecule has 2 amide bonds. The lowest BCUT2D eigenvalue weighted by molar-refractivity contribution is -0.127. The van der Waals surface area contributed by atoms with E-state index in [0.29, 0.717) is 18.7 Å². The molecule has 142 valence electrons. The van der Waals surface area contributed by atoms with Gasteiger partial charge in [0.2, 0.25) is 5.91 Å². The van der Waals surface area contributed by atoms with E-state index in [1.165, 1.54) is 10.5 Å². The maximum atomic E-state index is 12.9. The van der Waals surface area contributed by atoms with Crippen molar-refractivity contribution < 1.29 is 9.59 Å². The minimum Gasteiger partial charge on any atom is -0.354 e. The first kappa shape index (κ1) is 19.5. The van der Waals surface area contributed by atoms with Crippen molar-refractivity contribution in [2.24, 2.45) is 5.92 Å². The number of carbonyl (C=O) groups excluding carboxylic acids is 2. The van der Waals surface area contributed by atoms with Crippen LogP contribution in [0.4, 0.5) is 0 Å². The molecule has 1 heterocycles. The predicted molar refractivity (Wildman–Crippen MR) is 110 cm³/mol. The minimum absolute atomic E-state index is 0.0455. The Hall–Kier alpha value is -2.27. The van der Waals surface area contributed by atoms with E-state index in [0.717, 1.165) is 12.0 Å². The topological polar surface area (TPSA) is 49.4 Å². The summed E-state index contributed by atoms with van der Waals surface area (Å²) in [7, 11) is 0. The molecule has 5 heteroatoms. The minimum atomic E-state index is -0.455. The maximum Gasteiger partial charge on any atom is 0.255 e. The Labute approximate surface area is 165 Å². The molecule has 3 rings (SSSR count). The Morgan fingerprint density at radius 1 is 1.15 bits per heavy atom. The van der Waals surface area contributed by atoms with Gasteiger partial charge in [0, 0.05) is 23.5 Å². The molecule has 1 atom stereocenters. The normalized spacial score (nSPS) is 14.4. The van der Waals surface area contributed by atoms with Crippen LogP contribution in [0.5, 0.6) is 0 Å². The SMILES string of the molecule is CSc1ccc(CCNC(=O)[C@H](C(C)C)N2Cc3ccccc3C2=O)cc1. The molecule has 0 saturated carbocycles. The van der Waals surface area contributed by atoms with Crippen LogP contribution in [-0.4, -0.2) is 35.6 Å². The van der Waals surface area contributed by atoms with E-state index < -0.39 is 6.04 Å². The molecule has 4 nitrogen and oxygen atoms in total. The number of fused-ring (bicyclic) bond motifs is 1. The molecule has 27 heavy (non-hydrogen) atoms. The Bertz CT molecular complexity index is 817. The van der Waals surface area contributed by atoms with Crippen LogP contribution in [0.15, 0.2) is 53.4 Å². The molecule has 0 fully saturated rings.